The third-order valence-corrected chi connectivity index (χ3v) is 6.85. The van der Waals surface area contributed by atoms with Crippen molar-refractivity contribution < 1.29 is 31.2 Å². The van der Waals surface area contributed by atoms with Crippen LogP contribution in [0.1, 0.15) is 37.5 Å². The van der Waals surface area contributed by atoms with E-state index in [9.17, 15) is 31.2 Å². The molecule has 7 nitrogen and oxygen atoms in total. The molecule has 0 unspecified atom stereocenters. The smallest absolute Gasteiger partial charge is 0.289 e. The van der Waals surface area contributed by atoms with E-state index in [1.54, 1.807) is 18.2 Å². The Morgan fingerprint density at radius 1 is 0.771 bits per heavy atom. The van der Waals surface area contributed by atoms with Crippen molar-refractivity contribution in [2.45, 2.75) is 11.1 Å². The molecule has 1 aliphatic carbocycles. The molecule has 176 valence electrons. The summed E-state index contributed by atoms with van der Waals surface area (Å²) in [6.45, 7) is 0. The highest BCUT2D eigenvalue weighted by Crippen LogP contribution is 2.30. The van der Waals surface area contributed by atoms with Gasteiger partial charge in [0.25, 0.3) is 10.0 Å². The third kappa shape index (κ3) is 3.99. The summed E-state index contributed by atoms with van der Waals surface area (Å²) in [4.78, 5) is 25.4. The van der Waals surface area contributed by atoms with E-state index in [4.69, 9.17) is 0 Å². The van der Waals surface area contributed by atoms with Crippen LogP contribution >= 0.6 is 0 Å². The Hall–Kier alpha value is -4.25. The van der Waals surface area contributed by atoms with Crippen LogP contribution in [0.2, 0.25) is 0 Å². The maximum absolute atomic E-state index is 12.9. The van der Waals surface area contributed by atoms with Crippen molar-refractivity contribution in [2.24, 2.45) is 0 Å². The molecule has 0 saturated heterocycles. The molecule has 0 fully saturated rings. The Labute approximate surface area is 196 Å². The molecule has 35 heavy (non-hydrogen) atoms. The minimum Gasteiger partial charge on any atom is -0.289 e. The van der Waals surface area contributed by atoms with Crippen molar-refractivity contribution in [3.05, 3.63) is 107 Å². The molecule has 3 aromatic carbocycles. The summed E-state index contributed by atoms with van der Waals surface area (Å²) in [5, 5.41) is 3.47. The highest BCUT2D eigenvalue weighted by molar-refractivity contribution is 7.92. The van der Waals surface area contributed by atoms with Gasteiger partial charge in [0.15, 0.2) is 17.3 Å². The zero-order valence-electron chi connectivity index (χ0n) is 17.6. The second kappa shape index (κ2) is 7.91. The molecule has 1 heterocycles. The zero-order valence-corrected chi connectivity index (χ0v) is 18.4. The molecular formula is C24H14F3N3O4S. The van der Waals surface area contributed by atoms with Crippen molar-refractivity contribution in [3.8, 4) is 5.69 Å². The van der Waals surface area contributed by atoms with Crippen molar-refractivity contribution in [1.82, 2.24) is 9.78 Å². The van der Waals surface area contributed by atoms with Gasteiger partial charge in [-0.25, -0.2) is 13.1 Å². The van der Waals surface area contributed by atoms with Crippen LogP contribution in [0, 0.1) is 0 Å². The van der Waals surface area contributed by atoms with Gasteiger partial charge in [0.05, 0.1) is 10.6 Å². The molecule has 11 heteroatoms. The lowest BCUT2D eigenvalue weighted by atomic mass is 9.84. The maximum atomic E-state index is 12.9. The standard InChI is InChI=1S/C24H14F3N3O4S/c25-24(26,27)21-11-12-30(28-21)15-7-5-14(6-8-15)29-35(33,34)16-9-10-19-20(13-16)23(32)18-4-2-1-3-17(18)22(19)31/h1-13,29H. The first-order chi connectivity index (χ1) is 16.5. The minimum absolute atomic E-state index is 0.00826. The SMILES string of the molecule is O=C1c2ccccc2C(=O)c2cc(S(=O)(=O)Nc3ccc(-n4ccc(C(F)(F)F)n4)cc3)ccc21. The van der Waals surface area contributed by atoms with Gasteiger partial charge in [0.2, 0.25) is 0 Å². The number of alkyl halides is 3. The normalized spacial score (nSPS) is 13.3. The van der Waals surface area contributed by atoms with E-state index in [2.05, 4.69) is 9.82 Å². The number of nitrogens with one attached hydrogen (secondary N) is 1. The average molecular weight is 497 g/mol. The van der Waals surface area contributed by atoms with E-state index in [1.807, 2.05) is 0 Å². The lowest BCUT2D eigenvalue weighted by molar-refractivity contribution is -0.141. The van der Waals surface area contributed by atoms with E-state index in [-0.39, 0.29) is 38.6 Å². The van der Waals surface area contributed by atoms with Crippen LogP contribution in [0.3, 0.4) is 0 Å². The van der Waals surface area contributed by atoms with Gasteiger partial charge in [-0.1, -0.05) is 24.3 Å². The summed E-state index contributed by atoms with van der Waals surface area (Å²) >= 11 is 0. The maximum Gasteiger partial charge on any atom is 0.435 e. The first-order valence-electron chi connectivity index (χ1n) is 10.1. The van der Waals surface area contributed by atoms with Crippen LogP contribution in [-0.2, 0) is 16.2 Å². The predicted octanol–water partition coefficient (Wildman–Crippen LogP) is 4.47. The Morgan fingerprint density at radius 3 is 1.97 bits per heavy atom. The molecule has 0 radical (unpaired) electrons. The van der Waals surface area contributed by atoms with Crippen LogP contribution in [0.5, 0.6) is 0 Å². The first-order valence-corrected chi connectivity index (χ1v) is 11.6. The van der Waals surface area contributed by atoms with Gasteiger partial charge in [0, 0.05) is 34.1 Å². The molecule has 0 saturated carbocycles. The number of hydrogen-bond acceptors (Lipinski definition) is 5. The van der Waals surface area contributed by atoms with Gasteiger partial charge in [-0.05, 0) is 48.5 Å². The lowest BCUT2D eigenvalue weighted by Gasteiger charge is -2.18. The molecule has 0 spiro atoms. The second-order valence-electron chi connectivity index (χ2n) is 7.71. The highest BCUT2D eigenvalue weighted by Gasteiger charge is 2.34. The second-order valence-corrected chi connectivity index (χ2v) is 9.39. The minimum atomic E-state index is -4.58. The fourth-order valence-corrected chi connectivity index (χ4v) is 4.85. The topological polar surface area (TPSA) is 98.1 Å². The van der Waals surface area contributed by atoms with Gasteiger partial charge in [-0.15, -0.1) is 0 Å². The number of hydrogen-bond donors (Lipinski definition) is 1. The molecule has 5 rings (SSSR count). The van der Waals surface area contributed by atoms with Crippen LogP contribution in [-0.4, -0.2) is 29.8 Å². The number of aromatic nitrogens is 2. The largest absolute Gasteiger partial charge is 0.435 e. The number of benzene rings is 3. The van der Waals surface area contributed by atoms with E-state index >= 15 is 0 Å². The summed E-state index contributed by atoms with van der Waals surface area (Å²) in [6.07, 6.45) is -3.44. The molecule has 0 atom stereocenters. The van der Waals surface area contributed by atoms with Gasteiger partial charge in [-0.2, -0.15) is 18.3 Å². The molecular weight excluding hydrogens is 483 g/mol. The Morgan fingerprint density at radius 2 is 1.37 bits per heavy atom. The molecule has 4 aromatic rings. The van der Waals surface area contributed by atoms with Crippen molar-refractivity contribution in [1.29, 1.82) is 0 Å². The molecule has 0 bridgehead atoms. The number of fused-ring (bicyclic) bond motifs is 2. The van der Waals surface area contributed by atoms with Crippen LogP contribution < -0.4 is 4.72 Å². The summed E-state index contributed by atoms with van der Waals surface area (Å²) < 4.78 is 67.5. The van der Waals surface area contributed by atoms with E-state index < -0.39 is 27.7 Å². The summed E-state index contributed by atoms with van der Waals surface area (Å²) in [6, 6.07) is 16.4. The average Bonchev–Trinajstić information content (AvgIpc) is 3.34. The first kappa shape index (κ1) is 22.5. The van der Waals surface area contributed by atoms with Crippen molar-refractivity contribution >= 4 is 27.3 Å². The number of carbonyl (C=O) groups is 2. The number of ketones is 2. The third-order valence-electron chi connectivity index (χ3n) is 5.47. The van der Waals surface area contributed by atoms with E-state index in [1.165, 1.54) is 42.5 Å². The zero-order chi connectivity index (χ0) is 25.0. The number of nitrogens with zero attached hydrogens (tertiary/aromatic N) is 2. The van der Waals surface area contributed by atoms with E-state index in [0.717, 1.165) is 23.0 Å². The number of anilines is 1. The Kier molecular flexibility index (Phi) is 5.09. The molecule has 0 amide bonds. The number of sulfonamides is 1. The van der Waals surface area contributed by atoms with Gasteiger partial charge >= 0.3 is 6.18 Å². The van der Waals surface area contributed by atoms with Gasteiger partial charge in [-0.3, -0.25) is 14.3 Å². The summed E-state index contributed by atoms with van der Waals surface area (Å²) in [5.74, 6) is -0.816. The Bertz CT molecular complexity index is 1610. The van der Waals surface area contributed by atoms with Crippen molar-refractivity contribution in [2.75, 3.05) is 4.72 Å². The van der Waals surface area contributed by atoms with E-state index in [0.29, 0.717) is 5.69 Å². The molecule has 1 aliphatic rings. The number of rotatable bonds is 4. The molecule has 1 aromatic heterocycles. The van der Waals surface area contributed by atoms with Gasteiger partial charge in [0.1, 0.15) is 0 Å². The van der Waals surface area contributed by atoms with Crippen molar-refractivity contribution in [3.63, 3.8) is 0 Å². The quantitative estimate of drug-likeness (QED) is 0.395. The lowest BCUT2D eigenvalue weighted by Crippen LogP contribution is -2.22. The summed E-state index contributed by atoms with van der Waals surface area (Å²) in [5.41, 5.74) is -0.0398. The molecule has 0 aliphatic heterocycles. The fourth-order valence-electron chi connectivity index (χ4n) is 3.76. The van der Waals surface area contributed by atoms with Crippen LogP contribution in [0.15, 0.2) is 83.9 Å². The fraction of sp³-hybridized carbons (Fsp3) is 0.0417. The number of halogens is 3. The predicted molar refractivity (Wildman–Crippen MR) is 119 cm³/mol. The van der Waals surface area contributed by atoms with Gasteiger partial charge < -0.3 is 0 Å². The monoisotopic (exact) mass is 497 g/mol. The summed E-state index contributed by atoms with van der Waals surface area (Å²) in [7, 11) is -4.14. The van der Waals surface area contributed by atoms with Crippen LogP contribution in [0.4, 0.5) is 18.9 Å². The number of carbonyl (C=O) groups excluding carboxylic acids is 2. The highest BCUT2D eigenvalue weighted by atomic mass is 32.2. The van der Waals surface area contributed by atoms with Crippen LogP contribution in [0.25, 0.3) is 5.69 Å². The Balaban J connectivity index is 1.41. The molecule has 1 N–H and O–H groups in total.